The highest BCUT2D eigenvalue weighted by Crippen LogP contribution is 2.31. The predicted molar refractivity (Wildman–Crippen MR) is 85.1 cm³/mol. The molecule has 118 valence electrons. The summed E-state index contributed by atoms with van der Waals surface area (Å²) in [5.74, 6) is -0.926. The zero-order chi connectivity index (χ0) is 16.5. The van der Waals surface area contributed by atoms with Crippen molar-refractivity contribution in [3.05, 3.63) is 59.4 Å². The summed E-state index contributed by atoms with van der Waals surface area (Å²) in [6.07, 6.45) is 0. The van der Waals surface area contributed by atoms with E-state index < -0.39 is 5.82 Å². The maximum atomic E-state index is 14.2. The molecule has 0 aliphatic rings. The molecule has 0 spiro atoms. The number of Topliss-reactive ketones (excluding diaryl/α,β-unsaturated/α-hetero) is 1. The molecule has 0 aliphatic carbocycles. The van der Waals surface area contributed by atoms with E-state index in [0.717, 1.165) is 5.56 Å². The fraction of sp³-hybridized carbons (Fsp3) is 0.278. The van der Waals surface area contributed by atoms with Crippen molar-refractivity contribution in [2.75, 3.05) is 7.11 Å². The number of rotatable bonds is 5. The van der Waals surface area contributed by atoms with Gasteiger partial charge in [0.2, 0.25) is 5.82 Å². The topological polar surface area (TPSA) is 35.5 Å². The molecule has 3 nitrogen and oxygen atoms in total. The molecule has 0 fully saturated rings. The minimum Gasteiger partial charge on any atom is -0.493 e. The lowest BCUT2D eigenvalue weighted by molar-refractivity contribution is 0.101. The van der Waals surface area contributed by atoms with E-state index in [0.29, 0.717) is 0 Å². The Morgan fingerprint density at radius 2 is 1.73 bits per heavy atom. The molecule has 0 amide bonds. The van der Waals surface area contributed by atoms with Gasteiger partial charge in [-0.3, -0.25) is 4.79 Å². The van der Waals surface area contributed by atoms with E-state index in [4.69, 9.17) is 9.47 Å². The zero-order valence-electron chi connectivity index (χ0n) is 13.4. The van der Waals surface area contributed by atoms with Crippen molar-refractivity contribution in [3.63, 3.8) is 0 Å². The van der Waals surface area contributed by atoms with E-state index in [1.54, 1.807) is 0 Å². The van der Waals surface area contributed by atoms with Crippen LogP contribution in [0, 0.1) is 5.82 Å². The smallest absolute Gasteiger partial charge is 0.207 e. The van der Waals surface area contributed by atoms with Crippen LogP contribution < -0.4 is 9.47 Å². The standard InChI is InChI=1S/C16H15FO3.C2H6/c1-11(18)13-8-9-14(15(17)16(13)19-2)20-10-12-6-4-3-5-7-12;1-2/h3-9H,10H2,1-2H3;1-2H3. The molecule has 0 saturated heterocycles. The van der Waals surface area contributed by atoms with Gasteiger partial charge in [-0.15, -0.1) is 0 Å². The average Bonchev–Trinajstić information content (AvgIpc) is 2.56. The summed E-state index contributed by atoms with van der Waals surface area (Å²) < 4.78 is 24.6. The minimum absolute atomic E-state index is 0.0655. The van der Waals surface area contributed by atoms with Gasteiger partial charge in [-0.2, -0.15) is 4.39 Å². The van der Waals surface area contributed by atoms with Crippen molar-refractivity contribution in [3.8, 4) is 11.5 Å². The van der Waals surface area contributed by atoms with Crippen molar-refractivity contribution in [1.82, 2.24) is 0 Å². The summed E-state index contributed by atoms with van der Waals surface area (Å²) in [5, 5.41) is 0. The number of carbonyl (C=O) groups excluding carboxylic acids is 1. The molecule has 2 aromatic rings. The highest BCUT2D eigenvalue weighted by molar-refractivity contribution is 5.97. The molecule has 0 aliphatic heterocycles. The van der Waals surface area contributed by atoms with Crippen LogP contribution in [0.5, 0.6) is 11.5 Å². The normalized spacial score (nSPS) is 9.50. The first-order valence-electron chi connectivity index (χ1n) is 7.17. The Balaban J connectivity index is 0.00000116. The Kier molecular flexibility index (Phi) is 7.09. The number of ether oxygens (including phenoxy) is 2. The van der Waals surface area contributed by atoms with Gasteiger partial charge in [-0.05, 0) is 24.6 Å². The van der Waals surface area contributed by atoms with E-state index in [1.165, 1.54) is 26.2 Å². The van der Waals surface area contributed by atoms with Gasteiger partial charge in [0.05, 0.1) is 12.7 Å². The first-order valence-corrected chi connectivity index (χ1v) is 7.17. The molecule has 0 unspecified atom stereocenters. The lowest BCUT2D eigenvalue weighted by atomic mass is 10.1. The summed E-state index contributed by atoms with van der Waals surface area (Å²) in [4.78, 5) is 11.4. The molecular weight excluding hydrogens is 283 g/mol. The minimum atomic E-state index is -0.656. The molecule has 0 radical (unpaired) electrons. The number of benzene rings is 2. The first-order chi connectivity index (χ1) is 10.6. The fourth-order valence-corrected chi connectivity index (χ4v) is 1.86. The Morgan fingerprint density at radius 3 is 2.27 bits per heavy atom. The van der Waals surface area contributed by atoms with E-state index >= 15 is 0 Å². The van der Waals surface area contributed by atoms with Gasteiger partial charge in [-0.25, -0.2) is 0 Å². The number of methoxy groups -OCH3 is 1. The van der Waals surface area contributed by atoms with E-state index in [-0.39, 0.29) is 29.5 Å². The van der Waals surface area contributed by atoms with Crippen molar-refractivity contribution in [2.24, 2.45) is 0 Å². The van der Waals surface area contributed by atoms with E-state index in [9.17, 15) is 9.18 Å². The lowest BCUT2D eigenvalue weighted by Crippen LogP contribution is -2.03. The molecule has 0 N–H and O–H groups in total. The van der Waals surface area contributed by atoms with Gasteiger partial charge < -0.3 is 9.47 Å². The summed E-state index contributed by atoms with van der Waals surface area (Å²) >= 11 is 0. The first kappa shape index (κ1) is 17.7. The van der Waals surface area contributed by atoms with Crippen LogP contribution >= 0.6 is 0 Å². The third kappa shape index (κ3) is 4.32. The van der Waals surface area contributed by atoms with Gasteiger partial charge in [0.15, 0.2) is 17.3 Å². The van der Waals surface area contributed by atoms with Crippen molar-refractivity contribution >= 4 is 5.78 Å². The quantitative estimate of drug-likeness (QED) is 0.755. The molecule has 4 heteroatoms. The predicted octanol–water partition coefficient (Wildman–Crippen LogP) is 4.64. The maximum Gasteiger partial charge on any atom is 0.207 e. The molecule has 0 heterocycles. The molecule has 2 aromatic carbocycles. The van der Waals surface area contributed by atoms with Crippen molar-refractivity contribution in [2.45, 2.75) is 27.4 Å². The Labute approximate surface area is 130 Å². The summed E-state index contributed by atoms with van der Waals surface area (Å²) in [6.45, 7) is 5.61. The average molecular weight is 304 g/mol. The van der Waals surface area contributed by atoms with Crippen LogP contribution in [0.1, 0.15) is 36.7 Å². The Morgan fingerprint density at radius 1 is 1.09 bits per heavy atom. The molecule has 0 aromatic heterocycles. The maximum absolute atomic E-state index is 14.2. The number of hydrogen-bond acceptors (Lipinski definition) is 3. The van der Waals surface area contributed by atoms with E-state index in [1.807, 2.05) is 44.2 Å². The van der Waals surface area contributed by atoms with Crippen LogP contribution in [0.25, 0.3) is 0 Å². The third-order valence-corrected chi connectivity index (χ3v) is 2.88. The Hall–Kier alpha value is -2.36. The van der Waals surface area contributed by atoms with Crippen molar-refractivity contribution in [1.29, 1.82) is 0 Å². The molecule has 2 rings (SSSR count). The van der Waals surface area contributed by atoms with Gasteiger partial charge in [0, 0.05) is 0 Å². The molecule has 0 bridgehead atoms. The van der Waals surface area contributed by atoms with Gasteiger partial charge in [-0.1, -0.05) is 44.2 Å². The van der Waals surface area contributed by atoms with Crippen LogP contribution in [-0.2, 0) is 6.61 Å². The van der Waals surface area contributed by atoms with Crippen LogP contribution in [0.3, 0.4) is 0 Å². The van der Waals surface area contributed by atoms with Gasteiger partial charge in [0.25, 0.3) is 0 Å². The number of ketones is 1. The van der Waals surface area contributed by atoms with Crippen LogP contribution in [-0.4, -0.2) is 12.9 Å². The van der Waals surface area contributed by atoms with Crippen LogP contribution in [0.4, 0.5) is 4.39 Å². The largest absolute Gasteiger partial charge is 0.493 e. The zero-order valence-corrected chi connectivity index (χ0v) is 13.4. The second-order valence-corrected chi connectivity index (χ2v) is 4.29. The summed E-state index contributed by atoms with van der Waals surface area (Å²) in [5.41, 5.74) is 1.14. The fourth-order valence-electron chi connectivity index (χ4n) is 1.86. The molecule has 0 atom stereocenters. The summed E-state index contributed by atoms with van der Waals surface area (Å²) in [6, 6.07) is 12.4. The molecule has 22 heavy (non-hydrogen) atoms. The van der Waals surface area contributed by atoms with Crippen LogP contribution in [0.2, 0.25) is 0 Å². The van der Waals surface area contributed by atoms with Gasteiger partial charge >= 0.3 is 0 Å². The van der Waals surface area contributed by atoms with E-state index in [2.05, 4.69) is 0 Å². The second-order valence-electron chi connectivity index (χ2n) is 4.29. The summed E-state index contributed by atoms with van der Waals surface area (Å²) in [7, 11) is 1.33. The SMILES string of the molecule is CC.COc1c(C(C)=O)ccc(OCc2ccccc2)c1F. The number of hydrogen-bond donors (Lipinski definition) is 0. The Bertz CT molecular complexity index is 609. The van der Waals surface area contributed by atoms with Crippen LogP contribution in [0.15, 0.2) is 42.5 Å². The third-order valence-electron chi connectivity index (χ3n) is 2.88. The number of halogens is 1. The molecular formula is C18H21FO3. The monoisotopic (exact) mass is 304 g/mol. The highest BCUT2D eigenvalue weighted by Gasteiger charge is 2.17. The van der Waals surface area contributed by atoms with Crippen molar-refractivity contribution < 1.29 is 18.7 Å². The van der Waals surface area contributed by atoms with Gasteiger partial charge in [0.1, 0.15) is 6.61 Å². The molecule has 0 saturated carbocycles. The number of carbonyl (C=O) groups is 1. The highest BCUT2D eigenvalue weighted by atomic mass is 19.1. The second kappa shape index (κ2) is 8.82. The lowest BCUT2D eigenvalue weighted by Gasteiger charge is -2.12.